The average Bonchev–Trinajstić information content (AvgIpc) is 2.14. The zero-order valence-corrected chi connectivity index (χ0v) is 10.5. The van der Waals surface area contributed by atoms with E-state index in [1.165, 1.54) is 0 Å². The number of aliphatic hydroxyl groups is 1. The summed E-state index contributed by atoms with van der Waals surface area (Å²) in [7, 11) is -1.48. The van der Waals surface area contributed by atoms with Crippen LogP contribution in [0.25, 0.3) is 0 Å². The summed E-state index contributed by atoms with van der Waals surface area (Å²) < 4.78 is 4.89. The van der Waals surface area contributed by atoms with Crippen molar-refractivity contribution < 1.29 is 14.6 Å². The fourth-order valence-corrected chi connectivity index (χ4v) is 1.96. The molecule has 0 saturated carbocycles. The number of cyclic esters (lactones) is 1. The minimum Gasteiger partial charge on any atom is -0.465 e. The maximum Gasteiger partial charge on any atom is 0.312 e. The number of hydrogen-bond donors (Lipinski definition) is 1. The molecule has 2 atom stereocenters. The lowest BCUT2D eigenvalue weighted by Gasteiger charge is -2.22. The predicted molar refractivity (Wildman–Crippen MR) is 60.8 cm³/mol. The van der Waals surface area contributed by atoms with Crippen LogP contribution in [0, 0.1) is 17.4 Å². The standard InChI is InChI=1S/C11H18O3Si/c1-15(2,3)8-6-10(12)9-5-4-7-14-11(9)13/h9-10,12H,4-5,7H2,1-3H3/t9-,10+/m0/s1. The van der Waals surface area contributed by atoms with Crippen molar-refractivity contribution in [2.45, 2.75) is 38.6 Å². The van der Waals surface area contributed by atoms with E-state index in [1.807, 2.05) is 0 Å². The van der Waals surface area contributed by atoms with E-state index in [4.69, 9.17) is 4.74 Å². The summed E-state index contributed by atoms with van der Waals surface area (Å²) in [5.74, 6) is 2.04. The van der Waals surface area contributed by atoms with Gasteiger partial charge in [0.25, 0.3) is 0 Å². The summed E-state index contributed by atoms with van der Waals surface area (Å²) in [6, 6.07) is 0. The van der Waals surface area contributed by atoms with Crippen LogP contribution in [-0.2, 0) is 9.53 Å². The molecule has 1 fully saturated rings. The van der Waals surface area contributed by atoms with Gasteiger partial charge in [0, 0.05) is 0 Å². The molecule has 1 heterocycles. The van der Waals surface area contributed by atoms with E-state index in [2.05, 4.69) is 31.1 Å². The summed E-state index contributed by atoms with van der Waals surface area (Å²) in [6.07, 6.45) is 0.646. The lowest BCUT2D eigenvalue weighted by atomic mass is 9.96. The van der Waals surface area contributed by atoms with Gasteiger partial charge in [0.1, 0.15) is 14.2 Å². The van der Waals surface area contributed by atoms with Gasteiger partial charge >= 0.3 is 5.97 Å². The first-order valence-corrected chi connectivity index (χ1v) is 8.77. The van der Waals surface area contributed by atoms with Gasteiger partial charge in [-0.05, 0) is 12.8 Å². The van der Waals surface area contributed by atoms with Crippen LogP contribution >= 0.6 is 0 Å². The van der Waals surface area contributed by atoms with Crippen LogP contribution in [0.5, 0.6) is 0 Å². The molecule has 1 N–H and O–H groups in total. The predicted octanol–water partition coefficient (Wildman–Crippen LogP) is 1.18. The van der Waals surface area contributed by atoms with Crippen molar-refractivity contribution in [2.24, 2.45) is 5.92 Å². The zero-order chi connectivity index (χ0) is 11.5. The van der Waals surface area contributed by atoms with Gasteiger partial charge in [-0.25, -0.2) is 0 Å². The molecule has 0 aromatic rings. The number of esters is 1. The largest absolute Gasteiger partial charge is 0.465 e. The van der Waals surface area contributed by atoms with Crippen LogP contribution in [0.4, 0.5) is 0 Å². The summed E-state index contributed by atoms with van der Waals surface area (Å²) in [6.45, 7) is 6.78. The molecule has 84 valence electrons. The number of aliphatic hydroxyl groups excluding tert-OH is 1. The smallest absolute Gasteiger partial charge is 0.312 e. The van der Waals surface area contributed by atoms with Crippen molar-refractivity contribution in [3.05, 3.63) is 0 Å². The second kappa shape index (κ2) is 4.82. The van der Waals surface area contributed by atoms with Crippen molar-refractivity contribution in [3.63, 3.8) is 0 Å². The Morgan fingerprint density at radius 2 is 2.20 bits per heavy atom. The Labute approximate surface area is 91.8 Å². The normalized spacial score (nSPS) is 23.7. The number of hydrogen-bond acceptors (Lipinski definition) is 3. The highest BCUT2D eigenvalue weighted by atomic mass is 28.3. The van der Waals surface area contributed by atoms with Crippen molar-refractivity contribution >= 4 is 14.0 Å². The second-order valence-corrected chi connectivity index (χ2v) is 9.63. The van der Waals surface area contributed by atoms with Gasteiger partial charge in [0.05, 0.1) is 12.5 Å². The van der Waals surface area contributed by atoms with Gasteiger partial charge in [-0.15, -0.1) is 5.54 Å². The quantitative estimate of drug-likeness (QED) is 0.415. The Morgan fingerprint density at radius 1 is 1.53 bits per heavy atom. The molecule has 0 spiro atoms. The topological polar surface area (TPSA) is 46.5 Å². The van der Waals surface area contributed by atoms with E-state index >= 15 is 0 Å². The minimum absolute atomic E-state index is 0.307. The summed E-state index contributed by atoms with van der Waals surface area (Å²) >= 11 is 0. The molecule has 0 aromatic carbocycles. The van der Waals surface area contributed by atoms with Gasteiger partial charge in [0.2, 0.25) is 0 Å². The lowest BCUT2D eigenvalue weighted by molar-refractivity contribution is -0.156. The third-order valence-electron chi connectivity index (χ3n) is 2.18. The first-order valence-electron chi connectivity index (χ1n) is 5.27. The van der Waals surface area contributed by atoms with Gasteiger partial charge in [-0.3, -0.25) is 4.79 Å². The molecule has 0 aliphatic carbocycles. The van der Waals surface area contributed by atoms with Crippen molar-refractivity contribution in [1.29, 1.82) is 0 Å². The van der Waals surface area contributed by atoms with Crippen LogP contribution in [0.2, 0.25) is 19.6 Å². The summed E-state index contributed by atoms with van der Waals surface area (Å²) in [5, 5.41) is 9.76. The number of ether oxygens (including phenoxy) is 1. The molecule has 0 amide bonds. The molecule has 0 radical (unpaired) electrons. The summed E-state index contributed by atoms with van der Waals surface area (Å²) in [4.78, 5) is 11.3. The van der Waals surface area contributed by atoms with Crippen molar-refractivity contribution in [2.75, 3.05) is 6.61 Å². The van der Waals surface area contributed by atoms with Crippen LogP contribution in [0.15, 0.2) is 0 Å². The van der Waals surface area contributed by atoms with E-state index < -0.39 is 20.1 Å². The Morgan fingerprint density at radius 3 is 2.73 bits per heavy atom. The number of carbonyl (C=O) groups excluding carboxylic acids is 1. The van der Waals surface area contributed by atoms with E-state index in [0.29, 0.717) is 13.0 Å². The Hall–Kier alpha value is -0.793. The molecular weight excluding hydrogens is 208 g/mol. The zero-order valence-electron chi connectivity index (χ0n) is 9.54. The molecule has 4 heteroatoms. The van der Waals surface area contributed by atoms with E-state index in [0.717, 1.165) is 6.42 Å². The highest BCUT2D eigenvalue weighted by Crippen LogP contribution is 2.18. The molecule has 0 aromatic heterocycles. The van der Waals surface area contributed by atoms with Crippen molar-refractivity contribution in [1.82, 2.24) is 0 Å². The molecule has 1 saturated heterocycles. The molecule has 3 nitrogen and oxygen atoms in total. The van der Waals surface area contributed by atoms with Crippen LogP contribution in [0.1, 0.15) is 12.8 Å². The van der Waals surface area contributed by atoms with E-state index in [1.54, 1.807) is 0 Å². The number of carbonyl (C=O) groups is 1. The first-order chi connectivity index (χ1) is 6.90. The molecule has 1 aliphatic heterocycles. The summed E-state index contributed by atoms with van der Waals surface area (Å²) in [5.41, 5.74) is 3.07. The minimum atomic E-state index is -1.48. The second-order valence-electron chi connectivity index (χ2n) is 4.88. The number of rotatable bonds is 1. The van der Waals surface area contributed by atoms with Crippen LogP contribution < -0.4 is 0 Å². The van der Waals surface area contributed by atoms with E-state index in [9.17, 15) is 9.90 Å². The fraction of sp³-hybridized carbons (Fsp3) is 0.727. The van der Waals surface area contributed by atoms with Gasteiger partial charge in [-0.2, -0.15) is 0 Å². The fourth-order valence-electron chi connectivity index (χ4n) is 1.38. The first kappa shape index (κ1) is 12.3. The average molecular weight is 226 g/mol. The van der Waals surface area contributed by atoms with Crippen LogP contribution in [0.3, 0.4) is 0 Å². The molecule has 0 bridgehead atoms. The molecule has 0 unspecified atom stereocenters. The molecule has 15 heavy (non-hydrogen) atoms. The SMILES string of the molecule is C[Si](C)(C)C#C[C@@H](O)[C@@H]1CCCOC1=O. The van der Waals surface area contributed by atoms with Gasteiger partial charge in [-0.1, -0.05) is 25.6 Å². The Balaban J connectivity index is 2.62. The Bertz CT molecular complexity index is 295. The third-order valence-corrected chi connectivity index (χ3v) is 3.08. The van der Waals surface area contributed by atoms with E-state index in [-0.39, 0.29) is 5.97 Å². The third kappa shape index (κ3) is 4.06. The molecule has 1 aliphatic rings. The Kier molecular flexibility index (Phi) is 3.94. The molecule has 1 rings (SSSR count). The maximum atomic E-state index is 11.3. The van der Waals surface area contributed by atoms with Crippen LogP contribution in [-0.4, -0.2) is 31.9 Å². The van der Waals surface area contributed by atoms with Crippen molar-refractivity contribution in [3.8, 4) is 11.5 Å². The lowest BCUT2D eigenvalue weighted by Crippen LogP contribution is -2.33. The highest BCUT2D eigenvalue weighted by Gasteiger charge is 2.30. The maximum absolute atomic E-state index is 11.3. The molecular formula is C11H18O3Si. The van der Waals surface area contributed by atoms with Gasteiger partial charge < -0.3 is 9.84 Å². The van der Waals surface area contributed by atoms with Gasteiger partial charge in [0.15, 0.2) is 0 Å². The highest BCUT2D eigenvalue weighted by molar-refractivity contribution is 6.83. The monoisotopic (exact) mass is 226 g/mol.